The second-order valence-electron chi connectivity index (χ2n) is 8.61. The molecule has 11 heteroatoms. The van der Waals surface area contributed by atoms with E-state index in [0.717, 1.165) is 11.1 Å². The number of hydrogen-bond acceptors (Lipinski definition) is 6. The highest BCUT2D eigenvalue weighted by Gasteiger charge is 2.28. The molecule has 0 bridgehead atoms. The first kappa shape index (κ1) is 29.0. The van der Waals surface area contributed by atoms with Crippen LogP contribution in [0.1, 0.15) is 30.9 Å². The number of nitrogens with two attached hydrogens (primary N) is 1. The number of amides is 3. The Morgan fingerprint density at radius 3 is 1.70 bits per heavy atom. The van der Waals surface area contributed by atoms with Crippen LogP contribution in [0.4, 0.5) is 0 Å². The van der Waals surface area contributed by atoms with Gasteiger partial charge in [0.15, 0.2) is 0 Å². The SMILES string of the molecule is CC(NC(=O)C(Cc1ccccc1)NC(=O)C(N)CCC(=O)O)C(=O)NC(Cc1ccccc1)C(=O)O. The van der Waals surface area contributed by atoms with Crippen LogP contribution in [0.5, 0.6) is 0 Å². The van der Waals surface area contributed by atoms with E-state index in [1.807, 2.05) is 0 Å². The van der Waals surface area contributed by atoms with E-state index in [4.69, 9.17) is 10.8 Å². The van der Waals surface area contributed by atoms with Gasteiger partial charge in [-0.3, -0.25) is 19.2 Å². The summed E-state index contributed by atoms with van der Waals surface area (Å²) in [7, 11) is 0. The van der Waals surface area contributed by atoms with Crippen molar-refractivity contribution in [2.45, 2.75) is 56.8 Å². The van der Waals surface area contributed by atoms with Gasteiger partial charge >= 0.3 is 11.9 Å². The summed E-state index contributed by atoms with van der Waals surface area (Å²) in [6.45, 7) is 1.40. The van der Waals surface area contributed by atoms with Gasteiger partial charge in [-0.15, -0.1) is 0 Å². The first-order valence-corrected chi connectivity index (χ1v) is 11.8. The predicted octanol–water partition coefficient (Wildman–Crippen LogP) is 0.223. The maximum absolute atomic E-state index is 13.0. The van der Waals surface area contributed by atoms with Crippen LogP contribution in [0.25, 0.3) is 0 Å². The van der Waals surface area contributed by atoms with Gasteiger partial charge in [-0.25, -0.2) is 4.79 Å². The van der Waals surface area contributed by atoms with Gasteiger partial charge in [0.2, 0.25) is 17.7 Å². The summed E-state index contributed by atoms with van der Waals surface area (Å²) in [6, 6.07) is 13.1. The van der Waals surface area contributed by atoms with Crippen LogP contribution in [0.15, 0.2) is 60.7 Å². The lowest BCUT2D eigenvalue weighted by Crippen LogP contribution is -2.57. The smallest absolute Gasteiger partial charge is 0.326 e. The Kier molecular flexibility index (Phi) is 11.2. The fourth-order valence-electron chi connectivity index (χ4n) is 3.47. The van der Waals surface area contributed by atoms with Gasteiger partial charge in [0.25, 0.3) is 0 Å². The van der Waals surface area contributed by atoms with Crippen molar-refractivity contribution in [2.75, 3.05) is 0 Å². The molecule has 0 spiro atoms. The van der Waals surface area contributed by atoms with Gasteiger partial charge in [-0.2, -0.15) is 0 Å². The number of carboxylic acid groups (broad SMARTS) is 2. The van der Waals surface area contributed by atoms with Crippen molar-refractivity contribution in [1.82, 2.24) is 16.0 Å². The highest BCUT2D eigenvalue weighted by atomic mass is 16.4. The van der Waals surface area contributed by atoms with Crippen molar-refractivity contribution in [2.24, 2.45) is 5.73 Å². The molecule has 0 radical (unpaired) electrons. The molecule has 0 heterocycles. The number of carbonyl (C=O) groups is 5. The summed E-state index contributed by atoms with van der Waals surface area (Å²) in [5.74, 6) is -4.42. The van der Waals surface area contributed by atoms with E-state index >= 15 is 0 Å². The van der Waals surface area contributed by atoms with Crippen LogP contribution in [-0.2, 0) is 36.8 Å². The van der Waals surface area contributed by atoms with E-state index in [2.05, 4.69) is 16.0 Å². The third-order valence-corrected chi connectivity index (χ3v) is 5.57. The molecule has 0 saturated carbocycles. The quantitative estimate of drug-likeness (QED) is 0.207. The van der Waals surface area contributed by atoms with Gasteiger partial charge in [0, 0.05) is 19.3 Å². The standard InChI is InChI=1S/C26H32N4O7/c1-16(23(33)30-21(26(36)37)15-18-10-6-3-7-11-18)28-25(35)20(14-17-8-4-2-5-9-17)29-24(34)19(27)12-13-22(31)32/h2-11,16,19-21H,12-15,27H2,1H3,(H,28,35)(H,29,34)(H,30,33)(H,31,32)(H,36,37). The molecular formula is C26H32N4O7. The van der Waals surface area contributed by atoms with E-state index in [-0.39, 0.29) is 25.7 Å². The Balaban J connectivity index is 2.06. The first-order chi connectivity index (χ1) is 17.6. The predicted molar refractivity (Wildman–Crippen MR) is 134 cm³/mol. The fourth-order valence-corrected chi connectivity index (χ4v) is 3.47. The number of benzene rings is 2. The minimum absolute atomic E-state index is 0.0590. The Labute approximate surface area is 214 Å². The average Bonchev–Trinajstić information content (AvgIpc) is 2.87. The Hall–Kier alpha value is -4.25. The molecule has 2 aromatic rings. The fraction of sp³-hybridized carbons (Fsp3) is 0.346. The average molecular weight is 513 g/mol. The summed E-state index contributed by atoms with van der Waals surface area (Å²) in [5.41, 5.74) is 7.23. The van der Waals surface area contributed by atoms with Crippen LogP contribution in [0.3, 0.4) is 0 Å². The number of carboxylic acids is 2. The zero-order valence-electron chi connectivity index (χ0n) is 20.4. The lowest BCUT2D eigenvalue weighted by Gasteiger charge is -2.23. The topological polar surface area (TPSA) is 188 Å². The monoisotopic (exact) mass is 512 g/mol. The zero-order valence-corrected chi connectivity index (χ0v) is 20.4. The summed E-state index contributed by atoms with van der Waals surface area (Å²) >= 11 is 0. The summed E-state index contributed by atoms with van der Waals surface area (Å²) < 4.78 is 0. The van der Waals surface area contributed by atoms with E-state index < -0.39 is 53.8 Å². The third-order valence-electron chi connectivity index (χ3n) is 5.57. The van der Waals surface area contributed by atoms with Crippen molar-refractivity contribution < 1.29 is 34.2 Å². The van der Waals surface area contributed by atoms with Crippen molar-refractivity contribution in [1.29, 1.82) is 0 Å². The van der Waals surface area contributed by atoms with Crippen LogP contribution < -0.4 is 21.7 Å². The number of hydrogen-bond donors (Lipinski definition) is 6. The third kappa shape index (κ3) is 10.1. The normalized spacial score (nSPS) is 13.9. The molecule has 0 aliphatic rings. The van der Waals surface area contributed by atoms with Gasteiger partial charge in [0.05, 0.1) is 6.04 Å². The molecule has 198 valence electrons. The summed E-state index contributed by atoms with van der Waals surface area (Å²) in [4.78, 5) is 60.7. The second-order valence-corrected chi connectivity index (χ2v) is 8.61. The van der Waals surface area contributed by atoms with Gasteiger partial charge < -0.3 is 31.9 Å². The lowest BCUT2D eigenvalue weighted by atomic mass is 10.0. The second kappa shape index (κ2) is 14.3. The molecule has 4 unspecified atom stereocenters. The summed E-state index contributed by atoms with van der Waals surface area (Å²) in [6.07, 6.45) is -0.277. The van der Waals surface area contributed by atoms with Crippen LogP contribution in [0.2, 0.25) is 0 Å². The molecule has 7 N–H and O–H groups in total. The number of rotatable bonds is 14. The van der Waals surface area contributed by atoms with Gasteiger partial charge in [0.1, 0.15) is 18.1 Å². The van der Waals surface area contributed by atoms with E-state index in [9.17, 15) is 29.1 Å². The molecule has 2 rings (SSSR count). The Bertz CT molecular complexity index is 1080. The van der Waals surface area contributed by atoms with Crippen molar-refractivity contribution >= 4 is 29.7 Å². The Morgan fingerprint density at radius 2 is 1.22 bits per heavy atom. The Morgan fingerprint density at radius 1 is 0.730 bits per heavy atom. The molecule has 2 aromatic carbocycles. The van der Waals surface area contributed by atoms with E-state index in [1.54, 1.807) is 60.7 Å². The summed E-state index contributed by atoms with van der Waals surface area (Å²) in [5, 5.41) is 25.8. The first-order valence-electron chi connectivity index (χ1n) is 11.8. The molecule has 0 aromatic heterocycles. The number of carbonyl (C=O) groups excluding carboxylic acids is 3. The largest absolute Gasteiger partial charge is 0.481 e. The van der Waals surface area contributed by atoms with Crippen LogP contribution in [0, 0.1) is 0 Å². The minimum atomic E-state index is -1.22. The molecule has 0 saturated heterocycles. The van der Waals surface area contributed by atoms with Crippen molar-refractivity contribution in [3.63, 3.8) is 0 Å². The van der Waals surface area contributed by atoms with Gasteiger partial charge in [-0.05, 0) is 24.5 Å². The highest BCUT2D eigenvalue weighted by Crippen LogP contribution is 2.07. The maximum atomic E-state index is 13.0. The molecule has 37 heavy (non-hydrogen) atoms. The van der Waals surface area contributed by atoms with Gasteiger partial charge in [-0.1, -0.05) is 60.7 Å². The van der Waals surface area contributed by atoms with E-state index in [0.29, 0.717) is 0 Å². The maximum Gasteiger partial charge on any atom is 0.326 e. The molecule has 3 amide bonds. The minimum Gasteiger partial charge on any atom is -0.481 e. The molecule has 0 aliphatic carbocycles. The molecular weight excluding hydrogens is 480 g/mol. The van der Waals surface area contributed by atoms with Crippen LogP contribution >= 0.6 is 0 Å². The molecule has 11 nitrogen and oxygen atoms in total. The lowest BCUT2D eigenvalue weighted by molar-refractivity contribution is -0.142. The number of nitrogens with one attached hydrogen (secondary N) is 3. The van der Waals surface area contributed by atoms with Crippen LogP contribution in [-0.4, -0.2) is 64.0 Å². The molecule has 0 aliphatic heterocycles. The zero-order chi connectivity index (χ0) is 27.4. The van der Waals surface area contributed by atoms with Crippen molar-refractivity contribution in [3.05, 3.63) is 71.8 Å². The molecule has 0 fully saturated rings. The van der Waals surface area contributed by atoms with E-state index in [1.165, 1.54) is 6.92 Å². The molecule has 4 atom stereocenters. The highest BCUT2D eigenvalue weighted by molar-refractivity contribution is 5.94. The number of aliphatic carboxylic acids is 2. The van der Waals surface area contributed by atoms with Crippen molar-refractivity contribution in [3.8, 4) is 0 Å².